The van der Waals surface area contributed by atoms with Crippen LogP contribution in [0.15, 0.2) is 22.6 Å². The monoisotopic (exact) mass is 373 g/mol. The number of carbonyl (C=O) groups excluding carboxylic acids is 2. The Morgan fingerprint density at radius 1 is 1.29 bits per heavy atom. The standard InChI is InChI=1S/C15H13Cl2NO6/c1-3-22-15(21)18-14-13(23-7(2)19)11(20)12(24-14)8-4-5-9(16)10(17)6-8/h4-6,20H,3H2,1-2H3,(H,18,21). The normalized spacial score (nSPS) is 10.3. The zero-order valence-corrected chi connectivity index (χ0v) is 14.2. The first-order valence-electron chi connectivity index (χ1n) is 6.76. The average molecular weight is 374 g/mol. The van der Waals surface area contributed by atoms with Crippen molar-refractivity contribution in [3.05, 3.63) is 28.2 Å². The van der Waals surface area contributed by atoms with E-state index >= 15 is 0 Å². The summed E-state index contributed by atoms with van der Waals surface area (Å²) in [6.45, 7) is 2.88. The van der Waals surface area contributed by atoms with Gasteiger partial charge in [0.2, 0.25) is 11.5 Å². The Hall–Kier alpha value is -2.38. The Morgan fingerprint density at radius 3 is 2.58 bits per heavy atom. The number of esters is 1. The molecular weight excluding hydrogens is 361 g/mol. The number of rotatable bonds is 4. The van der Waals surface area contributed by atoms with Gasteiger partial charge in [-0.1, -0.05) is 23.2 Å². The number of amides is 1. The van der Waals surface area contributed by atoms with Crippen LogP contribution in [-0.4, -0.2) is 23.8 Å². The number of hydrogen-bond acceptors (Lipinski definition) is 6. The molecule has 1 amide bonds. The second kappa shape index (κ2) is 7.46. The zero-order valence-electron chi connectivity index (χ0n) is 12.7. The fourth-order valence-electron chi connectivity index (χ4n) is 1.82. The molecule has 1 aromatic carbocycles. The molecule has 0 aliphatic heterocycles. The van der Waals surface area contributed by atoms with Gasteiger partial charge in [0.05, 0.1) is 16.7 Å². The van der Waals surface area contributed by atoms with E-state index in [1.807, 2.05) is 0 Å². The summed E-state index contributed by atoms with van der Waals surface area (Å²) in [6, 6.07) is 4.50. The van der Waals surface area contributed by atoms with Gasteiger partial charge in [-0.25, -0.2) is 4.79 Å². The van der Waals surface area contributed by atoms with E-state index in [-0.39, 0.29) is 29.0 Å². The summed E-state index contributed by atoms with van der Waals surface area (Å²) in [5.41, 5.74) is 0.368. The molecule has 2 rings (SSSR count). The van der Waals surface area contributed by atoms with E-state index in [1.165, 1.54) is 12.1 Å². The lowest BCUT2D eigenvalue weighted by atomic mass is 10.1. The summed E-state index contributed by atoms with van der Waals surface area (Å²) >= 11 is 11.8. The Labute approximate surface area is 147 Å². The SMILES string of the molecule is CCOC(=O)Nc1oc(-c2ccc(Cl)c(Cl)c2)c(O)c1OC(C)=O. The summed E-state index contributed by atoms with van der Waals surface area (Å²) in [7, 11) is 0. The lowest BCUT2D eigenvalue weighted by molar-refractivity contribution is -0.132. The van der Waals surface area contributed by atoms with Crippen molar-refractivity contribution in [3.8, 4) is 22.8 Å². The molecule has 0 bridgehead atoms. The number of aromatic hydroxyl groups is 1. The van der Waals surface area contributed by atoms with E-state index in [0.29, 0.717) is 10.6 Å². The van der Waals surface area contributed by atoms with Gasteiger partial charge in [-0.05, 0) is 25.1 Å². The van der Waals surface area contributed by atoms with Crippen molar-refractivity contribution in [2.75, 3.05) is 11.9 Å². The molecule has 0 fully saturated rings. The van der Waals surface area contributed by atoms with Gasteiger partial charge in [-0.15, -0.1) is 0 Å². The molecule has 7 nitrogen and oxygen atoms in total. The zero-order chi connectivity index (χ0) is 17.9. The number of nitrogens with one attached hydrogen (secondary N) is 1. The van der Waals surface area contributed by atoms with Crippen LogP contribution in [-0.2, 0) is 9.53 Å². The Kier molecular flexibility index (Phi) is 5.58. The maximum absolute atomic E-state index is 11.6. The first kappa shape index (κ1) is 18.0. The Morgan fingerprint density at radius 2 is 2.00 bits per heavy atom. The molecule has 2 aromatic rings. The molecule has 0 saturated carbocycles. The molecule has 1 heterocycles. The van der Waals surface area contributed by atoms with Crippen LogP contribution in [0.4, 0.5) is 10.7 Å². The lowest BCUT2D eigenvalue weighted by Gasteiger charge is -2.04. The fraction of sp³-hybridized carbons (Fsp3) is 0.200. The van der Waals surface area contributed by atoms with Gasteiger partial charge in [-0.3, -0.25) is 10.1 Å². The summed E-state index contributed by atoms with van der Waals surface area (Å²) in [4.78, 5) is 22.8. The maximum Gasteiger partial charge on any atom is 0.414 e. The molecule has 9 heteroatoms. The fourth-order valence-corrected chi connectivity index (χ4v) is 2.12. The van der Waals surface area contributed by atoms with Crippen LogP contribution in [0.1, 0.15) is 13.8 Å². The van der Waals surface area contributed by atoms with E-state index < -0.39 is 17.8 Å². The highest BCUT2D eigenvalue weighted by Gasteiger charge is 2.26. The number of anilines is 1. The van der Waals surface area contributed by atoms with Crippen LogP contribution in [0, 0.1) is 0 Å². The molecule has 0 spiro atoms. The topological polar surface area (TPSA) is 98.0 Å². The highest BCUT2D eigenvalue weighted by atomic mass is 35.5. The van der Waals surface area contributed by atoms with Gasteiger partial charge < -0.3 is 19.0 Å². The van der Waals surface area contributed by atoms with Crippen molar-refractivity contribution in [1.82, 2.24) is 0 Å². The van der Waals surface area contributed by atoms with Crippen molar-refractivity contribution >= 4 is 41.1 Å². The van der Waals surface area contributed by atoms with Crippen LogP contribution in [0.3, 0.4) is 0 Å². The lowest BCUT2D eigenvalue weighted by Crippen LogP contribution is -2.14. The minimum Gasteiger partial charge on any atom is -0.502 e. The first-order chi connectivity index (χ1) is 11.3. The summed E-state index contributed by atoms with van der Waals surface area (Å²) in [6.07, 6.45) is -0.833. The Bertz CT molecular complexity index is 787. The minimum atomic E-state index is -0.833. The number of benzene rings is 1. The van der Waals surface area contributed by atoms with Crippen molar-refractivity contribution in [3.63, 3.8) is 0 Å². The third-order valence-corrected chi connectivity index (χ3v) is 3.50. The van der Waals surface area contributed by atoms with Crippen molar-refractivity contribution in [1.29, 1.82) is 0 Å². The van der Waals surface area contributed by atoms with Crippen LogP contribution < -0.4 is 10.1 Å². The summed E-state index contributed by atoms with van der Waals surface area (Å²) in [5, 5.41) is 13.1. The number of furan rings is 1. The van der Waals surface area contributed by atoms with Gasteiger partial charge in [0.15, 0.2) is 5.76 Å². The maximum atomic E-state index is 11.6. The molecule has 2 N–H and O–H groups in total. The third-order valence-electron chi connectivity index (χ3n) is 2.76. The predicted octanol–water partition coefficient (Wildman–Crippen LogP) is 4.45. The number of hydrogen-bond donors (Lipinski definition) is 2. The van der Waals surface area contributed by atoms with Crippen LogP contribution in [0.25, 0.3) is 11.3 Å². The quantitative estimate of drug-likeness (QED) is 0.768. The number of ether oxygens (including phenoxy) is 2. The van der Waals surface area contributed by atoms with Crippen LogP contribution in [0.2, 0.25) is 10.0 Å². The van der Waals surface area contributed by atoms with E-state index in [9.17, 15) is 14.7 Å². The van der Waals surface area contributed by atoms with Crippen molar-refractivity contribution in [2.45, 2.75) is 13.8 Å². The van der Waals surface area contributed by atoms with Crippen LogP contribution >= 0.6 is 23.2 Å². The van der Waals surface area contributed by atoms with E-state index in [0.717, 1.165) is 6.92 Å². The average Bonchev–Trinajstić information content (AvgIpc) is 2.79. The van der Waals surface area contributed by atoms with E-state index in [2.05, 4.69) is 5.32 Å². The minimum absolute atomic E-state index is 0.0587. The van der Waals surface area contributed by atoms with Gasteiger partial charge >= 0.3 is 12.1 Å². The van der Waals surface area contributed by atoms with Gasteiger partial charge in [0, 0.05) is 12.5 Å². The molecule has 0 unspecified atom stereocenters. The van der Waals surface area contributed by atoms with Crippen LogP contribution in [0.5, 0.6) is 11.5 Å². The second-order valence-electron chi connectivity index (χ2n) is 4.51. The van der Waals surface area contributed by atoms with Crippen molar-refractivity contribution < 1.29 is 28.6 Å². The van der Waals surface area contributed by atoms with E-state index in [1.54, 1.807) is 13.0 Å². The van der Waals surface area contributed by atoms with Gasteiger partial charge in [0.1, 0.15) is 0 Å². The second-order valence-corrected chi connectivity index (χ2v) is 5.32. The largest absolute Gasteiger partial charge is 0.502 e. The predicted molar refractivity (Wildman–Crippen MR) is 87.8 cm³/mol. The molecule has 0 atom stereocenters. The molecule has 0 saturated heterocycles. The molecular formula is C15H13Cl2NO6. The summed E-state index contributed by atoms with van der Waals surface area (Å²) < 4.78 is 15.0. The number of carbonyl (C=O) groups is 2. The van der Waals surface area contributed by atoms with Gasteiger partial charge in [0.25, 0.3) is 5.88 Å². The highest BCUT2D eigenvalue weighted by Crippen LogP contribution is 2.47. The number of halogens is 2. The molecule has 0 radical (unpaired) electrons. The molecule has 24 heavy (non-hydrogen) atoms. The third kappa shape index (κ3) is 3.93. The molecule has 0 aliphatic carbocycles. The molecule has 1 aromatic heterocycles. The highest BCUT2D eigenvalue weighted by molar-refractivity contribution is 6.42. The molecule has 128 valence electrons. The smallest absolute Gasteiger partial charge is 0.414 e. The van der Waals surface area contributed by atoms with E-state index in [4.69, 9.17) is 37.1 Å². The van der Waals surface area contributed by atoms with Gasteiger partial charge in [-0.2, -0.15) is 0 Å². The van der Waals surface area contributed by atoms with Crippen molar-refractivity contribution in [2.24, 2.45) is 0 Å². The summed E-state index contributed by atoms with van der Waals surface area (Å²) in [5.74, 6) is -1.86. The molecule has 0 aliphatic rings. The Balaban J connectivity index is 2.48. The first-order valence-corrected chi connectivity index (χ1v) is 7.52.